The minimum Gasteiger partial charge on any atom is -0.317 e. The number of rotatable bonds is 9. The zero-order valence-electron chi connectivity index (χ0n) is 10.3. The maximum absolute atomic E-state index is 3.47. The van der Waals surface area contributed by atoms with Gasteiger partial charge in [0.15, 0.2) is 0 Å². The highest BCUT2D eigenvalue weighted by molar-refractivity contribution is 6.08. The van der Waals surface area contributed by atoms with Crippen LogP contribution in [0.4, 0.5) is 0 Å². The summed E-state index contributed by atoms with van der Waals surface area (Å²) in [5, 5.41) is 6.93. The van der Waals surface area contributed by atoms with Gasteiger partial charge < -0.3 is 10.6 Å². The van der Waals surface area contributed by atoms with Crippen LogP contribution in [0.1, 0.15) is 18.4 Å². The minimum atomic E-state index is 0.987. The van der Waals surface area contributed by atoms with Gasteiger partial charge in [0, 0.05) is 16.8 Å². The van der Waals surface area contributed by atoms with Crippen LogP contribution in [-0.2, 0) is 6.54 Å². The van der Waals surface area contributed by atoms with Gasteiger partial charge in [0.1, 0.15) is 0 Å². The molecule has 90 valence electrons. The second-order valence-corrected chi connectivity index (χ2v) is 5.12. The molecule has 16 heavy (non-hydrogen) atoms. The van der Waals surface area contributed by atoms with Crippen molar-refractivity contribution in [1.29, 1.82) is 0 Å². The zero-order chi connectivity index (χ0) is 11.5. The summed E-state index contributed by atoms with van der Waals surface area (Å²) in [4.78, 5) is 0. The van der Waals surface area contributed by atoms with E-state index in [0.29, 0.717) is 0 Å². The number of benzene rings is 1. The smallest absolute Gasteiger partial charge is 0.0205 e. The van der Waals surface area contributed by atoms with Gasteiger partial charge in [-0.25, -0.2) is 0 Å². The first-order valence-corrected chi connectivity index (χ1v) is 7.80. The lowest BCUT2D eigenvalue weighted by atomic mass is 10.2. The van der Waals surface area contributed by atoms with Crippen LogP contribution in [0.25, 0.3) is 0 Å². The minimum absolute atomic E-state index is 0.987. The highest BCUT2D eigenvalue weighted by Crippen LogP contribution is 1.96. The third kappa shape index (κ3) is 6.77. The Morgan fingerprint density at radius 1 is 0.875 bits per heavy atom. The van der Waals surface area contributed by atoms with Gasteiger partial charge in [-0.2, -0.15) is 0 Å². The van der Waals surface area contributed by atoms with Crippen LogP contribution in [-0.4, -0.2) is 29.9 Å². The number of nitrogens with one attached hydrogen (secondary N) is 2. The predicted molar refractivity (Wildman–Crippen MR) is 75.0 cm³/mol. The average molecular weight is 236 g/mol. The third-order valence-corrected chi connectivity index (χ3v) is 3.29. The lowest BCUT2D eigenvalue weighted by Crippen LogP contribution is -2.22. The average Bonchev–Trinajstić information content (AvgIpc) is 2.34. The van der Waals surface area contributed by atoms with E-state index in [-0.39, 0.29) is 0 Å². The molecular weight excluding hydrogens is 212 g/mol. The van der Waals surface area contributed by atoms with Crippen LogP contribution in [0, 0.1) is 0 Å². The molecule has 2 nitrogen and oxygen atoms in total. The maximum Gasteiger partial charge on any atom is 0.0205 e. The summed E-state index contributed by atoms with van der Waals surface area (Å²) in [5.74, 6) is 0. The SMILES string of the molecule is [SiH3]CCCNCCCNCc1ccccc1. The van der Waals surface area contributed by atoms with Crippen LogP contribution in [0.15, 0.2) is 30.3 Å². The summed E-state index contributed by atoms with van der Waals surface area (Å²) in [5.41, 5.74) is 1.37. The van der Waals surface area contributed by atoms with Crippen molar-refractivity contribution >= 4 is 10.2 Å². The number of hydrogen-bond donors (Lipinski definition) is 2. The molecule has 0 bridgehead atoms. The summed E-state index contributed by atoms with van der Waals surface area (Å²) in [6.45, 7) is 4.43. The van der Waals surface area contributed by atoms with E-state index >= 15 is 0 Å². The molecule has 0 unspecified atom stereocenters. The number of hydrogen-bond acceptors (Lipinski definition) is 2. The van der Waals surface area contributed by atoms with E-state index in [0.717, 1.165) is 19.6 Å². The molecule has 0 aliphatic rings. The van der Waals surface area contributed by atoms with Crippen LogP contribution in [0.5, 0.6) is 0 Å². The van der Waals surface area contributed by atoms with Crippen LogP contribution < -0.4 is 10.6 Å². The van der Waals surface area contributed by atoms with Gasteiger partial charge in [0.05, 0.1) is 0 Å². The first-order chi connectivity index (χ1) is 7.93. The van der Waals surface area contributed by atoms with E-state index in [2.05, 4.69) is 41.0 Å². The molecule has 0 spiro atoms. The Hall–Kier alpha value is -0.643. The Morgan fingerprint density at radius 2 is 1.56 bits per heavy atom. The standard InChI is InChI=1S/C13H24N2Si/c16-11-5-10-14-8-4-9-15-12-13-6-2-1-3-7-13/h1-3,6-7,14-15H,4-5,8-12H2,16H3. The van der Waals surface area contributed by atoms with Crippen molar-refractivity contribution in [2.24, 2.45) is 0 Å². The van der Waals surface area contributed by atoms with E-state index in [9.17, 15) is 0 Å². The largest absolute Gasteiger partial charge is 0.317 e. The van der Waals surface area contributed by atoms with Crippen LogP contribution in [0.2, 0.25) is 6.04 Å². The molecule has 0 aliphatic carbocycles. The van der Waals surface area contributed by atoms with Crippen LogP contribution >= 0.6 is 0 Å². The Kier molecular flexibility index (Phi) is 8.03. The summed E-state index contributed by atoms with van der Waals surface area (Å²) in [6, 6.07) is 12.0. The van der Waals surface area contributed by atoms with Crippen molar-refractivity contribution in [2.45, 2.75) is 25.4 Å². The second kappa shape index (κ2) is 9.57. The fraction of sp³-hybridized carbons (Fsp3) is 0.538. The summed E-state index contributed by atoms with van der Waals surface area (Å²) in [6.07, 6.45) is 2.57. The Balaban J connectivity index is 1.89. The second-order valence-electron chi connectivity index (χ2n) is 4.12. The highest BCUT2D eigenvalue weighted by atomic mass is 28.1. The molecule has 2 N–H and O–H groups in total. The molecular formula is C13H24N2Si. The molecule has 0 amide bonds. The molecule has 0 atom stereocenters. The molecule has 0 heterocycles. The summed E-state index contributed by atoms with van der Waals surface area (Å²) in [7, 11) is 1.34. The lowest BCUT2D eigenvalue weighted by molar-refractivity contribution is 0.592. The summed E-state index contributed by atoms with van der Waals surface area (Å²) < 4.78 is 0. The molecule has 0 aliphatic heterocycles. The lowest BCUT2D eigenvalue weighted by Gasteiger charge is -2.06. The predicted octanol–water partition coefficient (Wildman–Crippen LogP) is 0.930. The van der Waals surface area contributed by atoms with Gasteiger partial charge in [0.2, 0.25) is 0 Å². The van der Waals surface area contributed by atoms with E-state index in [4.69, 9.17) is 0 Å². The Labute approximate surface area is 102 Å². The normalized spacial score (nSPS) is 10.8. The van der Waals surface area contributed by atoms with Crippen molar-refractivity contribution < 1.29 is 0 Å². The molecule has 0 radical (unpaired) electrons. The van der Waals surface area contributed by atoms with Crippen LogP contribution in [0.3, 0.4) is 0 Å². The quantitative estimate of drug-likeness (QED) is 0.492. The first-order valence-electron chi connectivity index (χ1n) is 6.39. The van der Waals surface area contributed by atoms with Crippen molar-refractivity contribution in [3.05, 3.63) is 35.9 Å². The third-order valence-electron chi connectivity index (χ3n) is 2.59. The molecule has 1 rings (SSSR count). The highest BCUT2D eigenvalue weighted by Gasteiger charge is 1.91. The maximum atomic E-state index is 3.47. The van der Waals surface area contributed by atoms with E-state index in [1.165, 1.54) is 41.2 Å². The van der Waals surface area contributed by atoms with Gasteiger partial charge in [-0.1, -0.05) is 36.4 Å². The van der Waals surface area contributed by atoms with Crippen molar-refractivity contribution in [1.82, 2.24) is 10.6 Å². The van der Waals surface area contributed by atoms with Crippen molar-refractivity contribution in [3.63, 3.8) is 0 Å². The van der Waals surface area contributed by atoms with Gasteiger partial charge in [-0.15, -0.1) is 0 Å². The topological polar surface area (TPSA) is 24.1 Å². The van der Waals surface area contributed by atoms with Crippen molar-refractivity contribution in [3.8, 4) is 0 Å². The molecule has 1 aromatic rings. The summed E-state index contributed by atoms with van der Waals surface area (Å²) >= 11 is 0. The van der Waals surface area contributed by atoms with E-state index in [1.807, 2.05) is 0 Å². The Bertz CT molecular complexity index is 251. The van der Waals surface area contributed by atoms with Gasteiger partial charge in [-0.3, -0.25) is 0 Å². The molecule has 0 fully saturated rings. The zero-order valence-corrected chi connectivity index (χ0v) is 12.3. The molecule has 0 aromatic heterocycles. The fourth-order valence-electron chi connectivity index (χ4n) is 1.59. The molecule has 1 aromatic carbocycles. The molecule has 3 heteroatoms. The Morgan fingerprint density at radius 3 is 2.31 bits per heavy atom. The van der Waals surface area contributed by atoms with Gasteiger partial charge in [0.25, 0.3) is 0 Å². The van der Waals surface area contributed by atoms with Gasteiger partial charge >= 0.3 is 0 Å². The van der Waals surface area contributed by atoms with E-state index < -0.39 is 0 Å². The van der Waals surface area contributed by atoms with Gasteiger partial charge in [-0.05, 0) is 38.0 Å². The van der Waals surface area contributed by atoms with Crippen molar-refractivity contribution in [2.75, 3.05) is 19.6 Å². The first kappa shape index (κ1) is 13.4. The fourth-order valence-corrected chi connectivity index (χ4v) is 1.95. The molecule has 0 saturated heterocycles. The molecule has 0 saturated carbocycles. The monoisotopic (exact) mass is 236 g/mol. The van der Waals surface area contributed by atoms with E-state index in [1.54, 1.807) is 0 Å².